The Morgan fingerprint density at radius 2 is 1.84 bits per heavy atom. The molecular weight excluding hydrogens is 389 g/mol. The van der Waals surface area contributed by atoms with Crippen molar-refractivity contribution in [3.63, 3.8) is 0 Å². The maximum Gasteiger partial charge on any atom is 0.251 e. The lowest BCUT2D eigenvalue weighted by atomic mass is 9.98. The van der Waals surface area contributed by atoms with Crippen LogP contribution < -0.4 is 15.1 Å². The molecular formula is C26H28FN3O. The molecule has 0 aliphatic carbocycles. The molecule has 0 atom stereocenters. The molecule has 31 heavy (non-hydrogen) atoms. The van der Waals surface area contributed by atoms with Gasteiger partial charge >= 0.3 is 0 Å². The molecule has 160 valence electrons. The quantitative estimate of drug-likeness (QED) is 0.619. The topological polar surface area (TPSA) is 35.6 Å². The summed E-state index contributed by atoms with van der Waals surface area (Å²) in [6, 6.07) is 18.9. The van der Waals surface area contributed by atoms with Gasteiger partial charge in [0.05, 0.1) is 5.69 Å². The van der Waals surface area contributed by atoms with E-state index in [2.05, 4.69) is 16.3 Å². The number of hydrogen-bond donors (Lipinski definition) is 1. The Morgan fingerprint density at radius 3 is 2.55 bits per heavy atom. The van der Waals surface area contributed by atoms with Crippen LogP contribution in [-0.4, -0.2) is 26.5 Å². The first-order valence-corrected chi connectivity index (χ1v) is 10.6. The molecule has 0 radical (unpaired) electrons. The standard InChI is InChI=1S/C26H28FN3O/c1-18-9-11-19(12-10-18)17-28-26(31)20-13-14-25(22(27)16-20)30-15-5-6-21-23(29(2)3)7-4-8-24(21)30/h4,7-14,16H,5-6,15,17H2,1-3H3,(H,28,31). The van der Waals surface area contributed by atoms with Crippen molar-refractivity contribution in [2.24, 2.45) is 0 Å². The van der Waals surface area contributed by atoms with Crippen LogP contribution in [0.1, 0.15) is 33.5 Å². The summed E-state index contributed by atoms with van der Waals surface area (Å²) in [5, 5.41) is 2.87. The van der Waals surface area contributed by atoms with Gasteiger partial charge in [-0.3, -0.25) is 4.79 Å². The Kier molecular flexibility index (Phi) is 5.94. The van der Waals surface area contributed by atoms with Crippen molar-refractivity contribution in [3.8, 4) is 0 Å². The van der Waals surface area contributed by atoms with Crippen molar-refractivity contribution in [3.05, 3.63) is 88.7 Å². The highest BCUT2D eigenvalue weighted by molar-refractivity contribution is 5.94. The number of amides is 1. The molecule has 1 heterocycles. The van der Waals surface area contributed by atoms with E-state index in [1.165, 1.54) is 17.2 Å². The molecule has 5 heteroatoms. The highest BCUT2D eigenvalue weighted by Gasteiger charge is 2.23. The molecule has 3 aromatic rings. The molecule has 1 N–H and O–H groups in total. The lowest BCUT2D eigenvalue weighted by molar-refractivity contribution is 0.0950. The summed E-state index contributed by atoms with van der Waals surface area (Å²) in [6.07, 6.45) is 1.93. The van der Waals surface area contributed by atoms with Crippen molar-refractivity contribution < 1.29 is 9.18 Å². The number of carbonyl (C=O) groups excluding carboxylic acids is 1. The number of nitrogens with one attached hydrogen (secondary N) is 1. The second kappa shape index (κ2) is 8.80. The first kappa shape index (κ1) is 20.9. The summed E-state index contributed by atoms with van der Waals surface area (Å²) < 4.78 is 15.1. The van der Waals surface area contributed by atoms with Gasteiger partial charge in [-0.1, -0.05) is 35.9 Å². The molecule has 0 fully saturated rings. The van der Waals surface area contributed by atoms with E-state index >= 15 is 4.39 Å². The zero-order chi connectivity index (χ0) is 22.0. The molecule has 3 aromatic carbocycles. The average molecular weight is 418 g/mol. The van der Waals surface area contributed by atoms with Crippen LogP contribution >= 0.6 is 0 Å². The SMILES string of the molecule is Cc1ccc(CNC(=O)c2ccc(N3CCCc4c(N(C)C)cccc43)c(F)c2)cc1. The molecule has 1 aliphatic heterocycles. The van der Waals surface area contributed by atoms with E-state index in [0.29, 0.717) is 17.8 Å². The minimum absolute atomic E-state index is 0.278. The maximum atomic E-state index is 15.1. The number of nitrogens with zero attached hydrogens (tertiary/aromatic N) is 2. The van der Waals surface area contributed by atoms with E-state index < -0.39 is 0 Å². The van der Waals surface area contributed by atoms with Gasteiger partial charge in [-0.05, 0) is 61.2 Å². The summed E-state index contributed by atoms with van der Waals surface area (Å²) >= 11 is 0. The molecule has 0 saturated heterocycles. The number of rotatable bonds is 5. The van der Waals surface area contributed by atoms with E-state index in [4.69, 9.17) is 0 Å². The van der Waals surface area contributed by atoms with Crippen molar-refractivity contribution in [1.82, 2.24) is 5.32 Å². The molecule has 1 amide bonds. The fourth-order valence-electron chi connectivity index (χ4n) is 4.13. The third-order valence-electron chi connectivity index (χ3n) is 5.78. The van der Waals surface area contributed by atoms with E-state index in [0.717, 1.165) is 36.3 Å². The first-order chi connectivity index (χ1) is 14.9. The predicted octanol–water partition coefficient (Wildman–Crippen LogP) is 5.21. The molecule has 0 unspecified atom stereocenters. The second-order valence-corrected chi connectivity index (χ2v) is 8.26. The highest BCUT2D eigenvalue weighted by atomic mass is 19.1. The predicted molar refractivity (Wildman–Crippen MR) is 125 cm³/mol. The third-order valence-corrected chi connectivity index (χ3v) is 5.78. The van der Waals surface area contributed by atoms with Gasteiger partial charge in [-0.15, -0.1) is 0 Å². The Morgan fingerprint density at radius 1 is 1.06 bits per heavy atom. The van der Waals surface area contributed by atoms with Crippen molar-refractivity contribution in [2.45, 2.75) is 26.3 Å². The fraction of sp³-hybridized carbons (Fsp3) is 0.269. The number of fused-ring (bicyclic) bond motifs is 1. The van der Waals surface area contributed by atoms with Gasteiger partial charge in [-0.25, -0.2) is 4.39 Å². The van der Waals surface area contributed by atoms with Crippen LogP contribution in [0.25, 0.3) is 0 Å². The average Bonchev–Trinajstić information content (AvgIpc) is 2.77. The molecule has 0 saturated carbocycles. The number of carbonyl (C=O) groups is 1. The van der Waals surface area contributed by atoms with E-state index in [9.17, 15) is 4.79 Å². The number of halogens is 1. The summed E-state index contributed by atoms with van der Waals surface area (Å²) in [6.45, 7) is 3.18. The van der Waals surface area contributed by atoms with Gasteiger partial charge in [0.1, 0.15) is 5.82 Å². The fourth-order valence-corrected chi connectivity index (χ4v) is 4.13. The van der Waals surface area contributed by atoms with Crippen molar-refractivity contribution in [1.29, 1.82) is 0 Å². The van der Waals surface area contributed by atoms with Crippen LogP contribution in [-0.2, 0) is 13.0 Å². The lowest BCUT2D eigenvalue weighted by Gasteiger charge is -2.34. The number of benzene rings is 3. The zero-order valence-electron chi connectivity index (χ0n) is 18.3. The smallest absolute Gasteiger partial charge is 0.251 e. The van der Waals surface area contributed by atoms with Gasteiger partial charge in [-0.2, -0.15) is 0 Å². The van der Waals surface area contributed by atoms with Crippen LogP contribution in [0.15, 0.2) is 60.7 Å². The molecule has 0 bridgehead atoms. The van der Waals surface area contributed by atoms with Gasteiger partial charge in [0, 0.05) is 44.1 Å². The molecule has 0 aromatic heterocycles. The molecule has 4 rings (SSSR count). The largest absolute Gasteiger partial charge is 0.377 e. The summed E-state index contributed by atoms with van der Waals surface area (Å²) in [4.78, 5) is 16.7. The normalized spacial score (nSPS) is 13.0. The molecule has 0 spiro atoms. The zero-order valence-corrected chi connectivity index (χ0v) is 18.3. The van der Waals surface area contributed by atoms with E-state index in [-0.39, 0.29) is 11.7 Å². The lowest BCUT2D eigenvalue weighted by Crippen LogP contribution is -2.27. The van der Waals surface area contributed by atoms with E-state index in [1.807, 2.05) is 62.3 Å². The maximum absolute atomic E-state index is 15.1. The first-order valence-electron chi connectivity index (χ1n) is 10.6. The summed E-state index contributed by atoms with van der Waals surface area (Å²) in [5.74, 6) is -0.661. The van der Waals surface area contributed by atoms with Gasteiger partial charge in [0.25, 0.3) is 5.91 Å². The Balaban J connectivity index is 1.54. The minimum Gasteiger partial charge on any atom is -0.377 e. The van der Waals surface area contributed by atoms with Crippen LogP contribution in [0, 0.1) is 12.7 Å². The molecule has 1 aliphatic rings. The second-order valence-electron chi connectivity index (χ2n) is 8.26. The van der Waals surface area contributed by atoms with Crippen molar-refractivity contribution in [2.75, 3.05) is 30.4 Å². The van der Waals surface area contributed by atoms with Crippen LogP contribution in [0.4, 0.5) is 21.5 Å². The van der Waals surface area contributed by atoms with Gasteiger partial charge < -0.3 is 15.1 Å². The Bertz CT molecular complexity index is 1090. The van der Waals surface area contributed by atoms with Crippen LogP contribution in [0.5, 0.6) is 0 Å². The number of hydrogen-bond acceptors (Lipinski definition) is 3. The monoisotopic (exact) mass is 417 g/mol. The van der Waals surface area contributed by atoms with Crippen LogP contribution in [0.2, 0.25) is 0 Å². The van der Waals surface area contributed by atoms with Gasteiger partial charge in [0.15, 0.2) is 0 Å². The minimum atomic E-state index is -0.383. The number of aryl methyl sites for hydroxylation is 1. The molecule has 4 nitrogen and oxygen atoms in total. The summed E-state index contributed by atoms with van der Waals surface area (Å²) in [5.41, 5.74) is 6.45. The van der Waals surface area contributed by atoms with Crippen LogP contribution in [0.3, 0.4) is 0 Å². The Hall–Kier alpha value is -3.34. The van der Waals surface area contributed by atoms with Gasteiger partial charge in [0.2, 0.25) is 0 Å². The Labute approximate surface area is 183 Å². The summed E-state index contributed by atoms with van der Waals surface area (Å²) in [7, 11) is 4.05. The highest BCUT2D eigenvalue weighted by Crippen LogP contribution is 2.39. The van der Waals surface area contributed by atoms with E-state index in [1.54, 1.807) is 12.1 Å². The number of anilines is 3. The van der Waals surface area contributed by atoms with Crippen molar-refractivity contribution >= 4 is 23.0 Å². The third kappa shape index (κ3) is 4.41.